The number of hydrogen-bond acceptors (Lipinski definition) is 4. The number of likely N-dealkylation sites (tertiary alicyclic amines) is 1. The summed E-state index contributed by atoms with van der Waals surface area (Å²) in [5, 5.41) is 5.59. The van der Waals surface area contributed by atoms with E-state index in [4.69, 9.17) is 4.74 Å². The van der Waals surface area contributed by atoms with Crippen LogP contribution in [-0.4, -0.2) is 47.6 Å². The van der Waals surface area contributed by atoms with E-state index in [-0.39, 0.29) is 23.8 Å². The average Bonchev–Trinajstić information content (AvgIpc) is 3.59. The maximum Gasteiger partial charge on any atom is 0.319 e. The normalized spacial score (nSPS) is 16.8. The second-order valence-corrected chi connectivity index (χ2v) is 7.81. The van der Waals surface area contributed by atoms with Gasteiger partial charge in [-0.2, -0.15) is 0 Å². The van der Waals surface area contributed by atoms with Gasteiger partial charge in [-0.05, 0) is 61.9 Å². The number of anilines is 1. The first-order chi connectivity index (χ1) is 14.6. The molecule has 1 saturated heterocycles. The molecule has 0 bridgehead atoms. The lowest BCUT2D eigenvalue weighted by molar-refractivity contribution is 0.0708. The number of carbonyl (C=O) groups is 2. The minimum absolute atomic E-state index is 0.0224. The molecular formula is C22H25FN4O3. The van der Waals surface area contributed by atoms with E-state index < -0.39 is 0 Å². The van der Waals surface area contributed by atoms with Crippen LogP contribution in [0.4, 0.5) is 14.9 Å². The first-order valence-electron chi connectivity index (χ1n) is 10.3. The number of benzene rings is 1. The lowest BCUT2D eigenvalue weighted by Gasteiger charge is -2.32. The fourth-order valence-corrected chi connectivity index (χ4v) is 3.38. The van der Waals surface area contributed by atoms with E-state index in [0.29, 0.717) is 55.6 Å². The highest BCUT2D eigenvalue weighted by molar-refractivity contribution is 5.94. The highest BCUT2D eigenvalue weighted by Gasteiger charge is 2.25. The minimum atomic E-state index is -0.353. The van der Waals surface area contributed by atoms with Gasteiger partial charge in [0.2, 0.25) is 5.88 Å². The molecule has 0 spiro atoms. The van der Waals surface area contributed by atoms with Gasteiger partial charge < -0.3 is 20.3 Å². The maximum atomic E-state index is 12.9. The van der Waals surface area contributed by atoms with Gasteiger partial charge in [0.05, 0.1) is 12.2 Å². The van der Waals surface area contributed by atoms with E-state index >= 15 is 0 Å². The van der Waals surface area contributed by atoms with Crippen LogP contribution in [0.2, 0.25) is 0 Å². The van der Waals surface area contributed by atoms with Gasteiger partial charge in [0.1, 0.15) is 5.82 Å². The topological polar surface area (TPSA) is 83.6 Å². The van der Waals surface area contributed by atoms with Crippen LogP contribution < -0.4 is 15.4 Å². The molecule has 158 valence electrons. The Labute approximate surface area is 174 Å². The van der Waals surface area contributed by atoms with E-state index in [0.717, 1.165) is 0 Å². The number of aromatic nitrogens is 1. The lowest BCUT2D eigenvalue weighted by atomic mass is 10.0. The molecule has 2 heterocycles. The molecule has 2 aromatic rings. The first kappa shape index (κ1) is 20.1. The number of ether oxygens (including phenoxy) is 1. The van der Waals surface area contributed by atoms with Crippen molar-refractivity contribution in [2.45, 2.75) is 31.7 Å². The summed E-state index contributed by atoms with van der Waals surface area (Å²) in [4.78, 5) is 30.8. The number of pyridine rings is 1. The number of hydrogen-bond donors (Lipinski definition) is 2. The van der Waals surface area contributed by atoms with Crippen LogP contribution in [0.3, 0.4) is 0 Å². The molecule has 1 saturated carbocycles. The largest absolute Gasteiger partial charge is 0.477 e. The Morgan fingerprint density at radius 3 is 2.43 bits per heavy atom. The number of rotatable bonds is 6. The van der Waals surface area contributed by atoms with Gasteiger partial charge in [-0.3, -0.25) is 4.79 Å². The molecule has 1 aliphatic heterocycles. The van der Waals surface area contributed by atoms with Gasteiger partial charge in [-0.1, -0.05) is 0 Å². The zero-order valence-corrected chi connectivity index (χ0v) is 16.6. The van der Waals surface area contributed by atoms with E-state index in [1.165, 1.54) is 37.1 Å². The molecule has 2 aliphatic rings. The van der Waals surface area contributed by atoms with E-state index in [1.54, 1.807) is 23.2 Å². The molecule has 0 atom stereocenters. The third-order valence-electron chi connectivity index (χ3n) is 5.37. The highest BCUT2D eigenvalue weighted by Crippen LogP contribution is 2.29. The Morgan fingerprint density at radius 1 is 1.07 bits per heavy atom. The van der Waals surface area contributed by atoms with Crippen molar-refractivity contribution < 1.29 is 18.7 Å². The van der Waals surface area contributed by atoms with Crippen molar-refractivity contribution in [1.29, 1.82) is 0 Å². The molecule has 1 aromatic heterocycles. The fourth-order valence-electron chi connectivity index (χ4n) is 3.38. The Morgan fingerprint density at radius 2 is 1.80 bits per heavy atom. The second-order valence-electron chi connectivity index (χ2n) is 7.81. The van der Waals surface area contributed by atoms with Crippen molar-refractivity contribution in [3.8, 4) is 5.88 Å². The van der Waals surface area contributed by atoms with Gasteiger partial charge >= 0.3 is 6.03 Å². The van der Waals surface area contributed by atoms with Crippen LogP contribution in [0.15, 0.2) is 42.6 Å². The summed E-state index contributed by atoms with van der Waals surface area (Å²) >= 11 is 0. The van der Waals surface area contributed by atoms with Gasteiger partial charge in [-0.25, -0.2) is 14.2 Å². The van der Waals surface area contributed by atoms with Crippen molar-refractivity contribution in [3.05, 3.63) is 54.0 Å². The van der Waals surface area contributed by atoms with Gasteiger partial charge in [0, 0.05) is 37.1 Å². The number of nitrogens with one attached hydrogen (secondary N) is 2. The molecule has 7 nitrogen and oxygen atoms in total. The summed E-state index contributed by atoms with van der Waals surface area (Å²) in [5.41, 5.74) is 1.06. The Hall–Kier alpha value is -3.16. The number of nitrogens with zero attached hydrogens (tertiary/aromatic N) is 2. The minimum Gasteiger partial charge on any atom is -0.477 e. The Balaban J connectivity index is 1.21. The van der Waals surface area contributed by atoms with Crippen molar-refractivity contribution in [3.63, 3.8) is 0 Å². The Kier molecular flexibility index (Phi) is 6.11. The zero-order valence-electron chi connectivity index (χ0n) is 16.6. The lowest BCUT2D eigenvalue weighted by Crippen LogP contribution is -2.47. The molecule has 2 fully saturated rings. The van der Waals surface area contributed by atoms with Crippen molar-refractivity contribution in [2.24, 2.45) is 5.92 Å². The number of amides is 3. The summed E-state index contributed by atoms with van der Waals surface area (Å²) in [5.74, 6) is 0.786. The number of halogens is 1. The Bertz CT molecular complexity index is 876. The number of urea groups is 1. The number of piperidine rings is 1. The molecule has 0 unspecified atom stereocenters. The summed E-state index contributed by atoms with van der Waals surface area (Å²) in [6, 6.07) is 8.73. The smallest absolute Gasteiger partial charge is 0.319 e. The van der Waals surface area contributed by atoms with Gasteiger partial charge in [0.15, 0.2) is 0 Å². The first-order valence-corrected chi connectivity index (χ1v) is 10.3. The second kappa shape index (κ2) is 9.11. The average molecular weight is 412 g/mol. The zero-order chi connectivity index (χ0) is 20.9. The third-order valence-corrected chi connectivity index (χ3v) is 5.37. The van der Waals surface area contributed by atoms with Gasteiger partial charge in [0.25, 0.3) is 5.91 Å². The third kappa shape index (κ3) is 5.46. The SMILES string of the molecule is O=C(Nc1ccc(F)cc1)NC1CCN(C(=O)c2ccc(OCC3CC3)nc2)CC1. The van der Waals surface area contributed by atoms with Gasteiger partial charge in [-0.15, -0.1) is 0 Å². The summed E-state index contributed by atoms with van der Waals surface area (Å²) in [6.07, 6.45) is 5.33. The van der Waals surface area contributed by atoms with E-state index in [1.807, 2.05) is 0 Å². The van der Waals surface area contributed by atoms with E-state index in [2.05, 4.69) is 15.6 Å². The molecule has 4 rings (SSSR count). The highest BCUT2D eigenvalue weighted by atomic mass is 19.1. The monoisotopic (exact) mass is 412 g/mol. The standard InChI is InChI=1S/C22H25FN4O3/c23-17-4-6-18(7-5-17)25-22(29)26-19-9-11-27(12-10-19)21(28)16-3-8-20(24-13-16)30-14-15-1-2-15/h3-8,13,15,19H,1-2,9-12,14H2,(H2,25,26,29). The van der Waals surface area contributed by atoms with E-state index in [9.17, 15) is 14.0 Å². The van der Waals surface area contributed by atoms with Crippen LogP contribution in [0.1, 0.15) is 36.0 Å². The maximum absolute atomic E-state index is 12.9. The quantitative estimate of drug-likeness (QED) is 0.761. The molecule has 1 aromatic carbocycles. The summed E-state index contributed by atoms with van der Waals surface area (Å²) in [7, 11) is 0. The van der Waals surface area contributed by atoms with Crippen LogP contribution in [0.5, 0.6) is 5.88 Å². The molecule has 3 amide bonds. The molecule has 30 heavy (non-hydrogen) atoms. The summed E-state index contributed by atoms with van der Waals surface area (Å²) < 4.78 is 18.5. The number of carbonyl (C=O) groups excluding carboxylic acids is 2. The summed E-state index contributed by atoms with van der Waals surface area (Å²) in [6.45, 7) is 1.80. The van der Waals surface area contributed by atoms with Crippen LogP contribution >= 0.6 is 0 Å². The molecular weight excluding hydrogens is 387 g/mol. The molecule has 1 aliphatic carbocycles. The van der Waals surface area contributed by atoms with Crippen molar-refractivity contribution in [1.82, 2.24) is 15.2 Å². The molecule has 0 radical (unpaired) electrons. The fraction of sp³-hybridized carbons (Fsp3) is 0.409. The van der Waals surface area contributed by atoms with Crippen LogP contribution in [-0.2, 0) is 0 Å². The van der Waals surface area contributed by atoms with Crippen molar-refractivity contribution >= 4 is 17.6 Å². The van der Waals surface area contributed by atoms with Crippen LogP contribution in [0.25, 0.3) is 0 Å². The molecule has 8 heteroatoms. The van der Waals surface area contributed by atoms with Crippen LogP contribution in [0, 0.1) is 11.7 Å². The molecule has 2 N–H and O–H groups in total. The predicted octanol–water partition coefficient (Wildman–Crippen LogP) is 3.44. The van der Waals surface area contributed by atoms with Crippen molar-refractivity contribution in [2.75, 3.05) is 25.0 Å². The predicted molar refractivity (Wildman–Crippen MR) is 110 cm³/mol.